The van der Waals surface area contributed by atoms with Crippen LogP contribution in [0.3, 0.4) is 0 Å². The zero-order valence-corrected chi connectivity index (χ0v) is 10.6. The molecule has 0 aromatic heterocycles. The molecule has 2 nitrogen and oxygen atoms in total. The number of halogens is 1. The van der Waals surface area contributed by atoms with Gasteiger partial charge in [0.25, 0.3) is 0 Å². The van der Waals surface area contributed by atoms with E-state index in [0.29, 0.717) is 13.1 Å². The molecule has 92 valence electrons. The lowest BCUT2D eigenvalue weighted by molar-refractivity contribution is 0.00755. The SMILES string of the molecule is OC1(c2ccccc2)CN(c2ccc(Cl)cc2)C1. The van der Waals surface area contributed by atoms with Crippen molar-refractivity contribution in [1.29, 1.82) is 0 Å². The maximum absolute atomic E-state index is 10.5. The second kappa shape index (κ2) is 4.30. The molecule has 3 heteroatoms. The molecule has 1 fully saturated rings. The average Bonchev–Trinajstić information content (AvgIpc) is 2.37. The third-order valence-corrected chi connectivity index (χ3v) is 3.66. The van der Waals surface area contributed by atoms with Crippen LogP contribution in [-0.4, -0.2) is 18.2 Å². The van der Waals surface area contributed by atoms with E-state index in [0.717, 1.165) is 16.3 Å². The van der Waals surface area contributed by atoms with Crippen molar-refractivity contribution in [3.63, 3.8) is 0 Å². The summed E-state index contributed by atoms with van der Waals surface area (Å²) in [6, 6.07) is 17.5. The topological polar surface area (TPSA) is 23.5 Å². The van der Waals surface area contributed by atoms with Crippen LogP contribution in [0.5, 0.6) is 0 Å². The molecule has 1 aliphatic rings. The average molecular weight is 260 g/mol. The van der Waals surface area contributed by atoms with Crippen LogP contribution in [0.25, 0.3) is 0 Å². The van der Waals surface area contributed by atoms with E-state index in [1.165, 1.54) is 0 Å². The predicted octanol–water partition coefficient (Wildman–Crippen LogP) is 3.05. The molecular weight excluding hydrogens is 246 g/mol. The minimum Gasteiger partial charge on any atom is -0.381 e. The Hall–Kier alpha value is -1.51. The summed E-state index contributed by atoms with van der Waals surface area (Å²) in [6.45, 7) is 1.25. The van der Waals surface area contributed by atoms with E-state index in [1.54, 1.807) is 0 Å². The standard InChI is InChI=1S/C15H14ClNO/c16-13-6-8-14(9-7-13)17-10-15(18,11-17)12-4-2-1-3-5-12/h1-9,18H,10-11H2. The highest BCUT2D eigenvalue weighted by molar-refractivity contribution is 6.30. The van der Waals surface area contributed by atoms with Gasteiger partial charge in [-0.1, -0.05) is 41.9 Å². The normalized spacial score (nSPS) is 17.3. The number of rotatable bonds is 2. The van der Waals surface area contributed by atoms with Crippen LogP contribution in [0.2, 0.25) is 5.02 Å². The van der Waals surface area contributed by atoms with Gasteiger partial charge in [-0.3, -0.25) is 0 Å². The smallest absolute Gasteiger partial charge is 0.124 e. The van der Waals surface area contributed by atoms with Crippen LogP contribution in [0.1, 0.15) is 5.56 Å². The fourth-order valence-corrected chi connectivity index (χ4v) is 2.48. The highest BCUT2D eigenvalue weighted by atomic mass is 35.5. The number of anilines is 1. The van der Waals surface area contributed by atoms with Crippen LogP contribution in [0, 0.1) is 0 Å². The highest BCUT2D eigenvalue weighted by Gasteiger charge is 2.42. The molecule has 0 unspecified atom stereocenters. The minimum absolute atomic E-state index is 0.624. The maximum atomic E-state index is 10.5. The summed E-state index contributed by atoms with van der Waals surface area (Å²) >= 11 is 5.86. The Kier molecular flexibility index (Phi) is 2.77. The molecule has 0 bridgehead atoms. The molecule has 0 atom stereocenters. The van der Waals surface area contributed by atoms with Gasteiger partial charge < -0.3 is 10.0 Å². The van der Waals surface area contributed by atoms with Gasteiger partial charge in [-0.15, -0.1) is 0 Å². The molecule has 1 aliphatic heterocycles. The van der Waals surface area contributed by atoms with Gasteiger partial charge in [-0.25, -0.2) is 0 Å². The first kappa shape index (κ1) is 11.6. The summed E-state index contributed by atoms with van der Waals surface area (Å²) in [7, 11) is 0. The van der Waals surface area contributed by atoms with Crippen LogP contribution in [0.15, 0.2) is 54.6 Å². The van der Waals surface area contributed by atoms with Crippen molar-refractivity contribution in [1.82, 2.24) is 0 Å². The van der Waals surface area contributed by atoms with E-state index in [2.05, 4.69) is 4.90 Å². The van der Waals surface area contributed by atoms with E-state index in [1.807, 2.05) is 54.6 Å². The minimum atomic E-state index is -0.721. The molecule has 0 radical (unpaired) electrons. The molecule has 1 N–H and O–H groups in total. The number of hydrogen-bond donors (Lipinski definition) is 1. The molecule has 0 amide bonds. The van der Waals surface area contributed by atoms with Gasteiger partial charge in [0, 0.05) is 10.7 Å². The summed E-state index contributed by atoms with van der Waals surface area (Å²) in [5, 5.41) is 11.2. The van der Waals surface area contributed by atoms with Gasteiger partial charge in [0.2, 0.25) is 0 Å². The number of benzene rings is 2. The zero-order valence-electron chi connectivity index (χ0n) is 9.88. The first-order valence-corrected chi connectivity index (χ1v) is 6.34. The van der Waals surface area contributed by atoms with Crippen molar-refractivity contribution < 1.29 is 5.11 Å². The molecule has 3 rings (SSSR count). The lowest BCUT2D eigenvalue weighted by Crippen LogP contribution is -2.59. The van der Waals surface area contributed by atoms with Gasteiger partial charge in [0.15, 0.2) is 0 Å². The Bertz CT molecular complexity index is 532. The first-order chi connectivity index (χ1) is 8.67. The van der Waals surface area contributed by atoms with Crippen LogP contribution in [-0.2, 0) is 5.60 Å². The number of β-amino-alcohol motifs (C(OH)–C–C–N with tert-alkyl or cyclic N) is 1. The Labute approximate surface area is 111 Å². The second-order valence-corrected chi connectivity index (χ2v) is 5.17. The Morgan fingerprint density at radius 1 is 0.944 bits per heavy atom. The van der Waals surface area contributed by atoms with Gasteiger partial charge >= 0.3 is 0 Å². The zero-order chi connectivity index (χ0) is 12.6. The first-order valence-electron chi connectivity index (χ1n) is 5.96. The summed E-state index contributed by atoms with van der Waals surface area (Å²) in [6.07, 6.45) is 0. The van der Waals surface area contributed by atoms with Gasteiger partial charge in [0.05, 0.1) is 13.1 Å². The highest BCUT2D eigenvalue weighted by Crippen LogP contribution is 2.35. The Morgan fingerprint density at radius 2 is 1.56 bits per heavy atom. The van der Waals surface area contributed by atoms with E-state index >= 15 is 0 Å². The molecule has 2 aromatic rings. The largest absolute Gasteiger partial charge is 0.381 e. The van der Waals surface area contributed by atoms with Gasteiger partial charge in [-0.2, -0.15) is 0 Å². The van der Waals surface area contributed by atoms with Crippen molar-refractivity contribution in [2.75, 3.05) is 18.0 Å². The van der Waals surface area contributed by atoms with Crippen molar-refractivity contribution >= 4 is 17.3 Å². The molecule has 18 heavy (non-hydrogen) atoms. The summed E-state index contributed by atoms with van der Waals surface area (Å²) in [5.74, 6) is 0. The number of nitrogens with zero attached hydrogens (tertiary/aromatic N) is 1. The van der Waals surface area contributed by atoms with E-state index < -0.39 is 5.60 Å². The van der Waals surface area contributed by atoms with E-state index in [4.69, 9.17) is 11.6 Å². The van der Waals surface area contributed by atoms with Crippen LogP contribution in [0.4, 0.5) is 5.69 Å². The van der Waals surface area contributed by atoms with Crippen molar-refractivity contribution in [3.8, 4) is 0 Å². The lowest BCUT2D eigenvalue weighted by atomic mass is 9.86. The molecule has 0 aliphatic carbocycles. The quantitative estimate of drug-likeness (QED) is 0.896. The number of hydrogen-bond acceptors (Lipinski definition) is 2. The maximum Gasteiger partial charge on any atom is 0.124 e. The van der Waals surface area contributed by atoms with E-state index in [9.17, 15) is 5.11 Å². The van der Waals surface area contributed by atoms with Crippen molar-refractivity contribution in [2.45, 2.75) is 5.60 Å². The summed E-state index contributed by atoms with van der Waals surface area (Å²) in [4.78, 5) is 2.14. The third-order valence-electron chi connectivity index (χ3n) is 3.41. The van der Waals surface area contributed by atoms with Gasteiger partial charge in [-0.05, 0) is 29.8 Å². The molecule has 1 heterocycles. The molecular formula is C15H14ClNO. The third kappa shape index (κ3) is 1.98. The molecule has 0 saturated carbocycles. The molecule has 1 saturated heterocycles. The summed E-state index contributed by atoms with van der Waals surface area (Å²) in [5.41, 5.74) is 1.36. The second-order valence-electron chi connectivity index (χ2n) is 4.73. The fraction of sp³-hybridized carbons (Fsp3) is 0.200. The van der Waals surface area contributed by atoms with Crippen molar-refractivity contribution in [3.05, 3.63) is 65.2 Å². The van der Waals surface area contributed by atoms with E-state index in [-0.39, 0.29) is 0 Å². The molecule has 2 aromatic carbocycles. The Balaban J connectivity index is 1.75. The summed E-state index contributed by atoms with van der Waals surface area (Å²) < 4.78 is 0. The fourth-order valence-electron chi connectivity index (χ4n) is 2.35. The monoisotopic (exact) mass is 259 g/mol. The predicted molar refractivity (Wildman–Crippen MR) is 74.0 cm³/mol. The van der Waals surface area contributed by atoms with Crippen LogP contribution >= 0.6 is 11.6 Å². The number of aliphatic hydroxyl groups is 1. The lowest BCUT2D eigenvalue weighted by Gasteiger charge is -2.48. The van der Waals surface area contributed by atoms with Crippen LogP contribution < -0.4 is 4.90 Å². The molecule has 0 spiro atoms. The Morgan fingerprint density at radius 3 is 2.17 bits per heavy atom. The van der Waals surface area contributed by atoms with Crippen molar-refractivity contribution in [2.24, 2.45) is 0 Å². The van der Waals surface area contributed by atoms with Gasteiger partial charge in [0.1, 0.15) is 5.60 Å².